The second kappa shape index (κ2) is 84.1. The molecule has 0 saturated heterocycles. The summed E-state index contributed by atoms with van der Waals surface area (Å²) in [6.45, 7) is 2.33. The molecular formula is C93H154O16P2. The van der Waals surface area contributed by atoms with Gasteiger partial charge in [-0.2, -0.15) is 0 Å². The Morgan fingerprint density at radius 2 is 0.495 bits per heavy atom. The molecule has 4 N–H and O–H groups in total. The van der Waals surface area contributed by atoms with E-state index in [0.717, 1.165) is 148 Å². The number of rotatable bonds is 80. The summed E-state index contributed by atoms with van der Waals surface area (Å²) in [4.78, 5) is 58.8. The van der Waals surface area contributed by atoms with E-state index < -0.39 is 91.5 Å². The maximum atomic E-state index is 13.0. The summed E-state index contributed by atoms with van der Waals surface area (Å²) in [5, 5.41) is 20.7. The van der Waals surface area contributed by atoms with Gasteiger partial charge in [0.1, 0.15) is 25.4 Å². The van der Waals surface area contributed by atoms with Crippen molar-refractivity contribution in [1.29, 1.82) is 0 Å². The minimum atomic E-state index is -4.96. The van der Waals surface area contributed by atoms with Crippen LogP contribution in [0.2, 0.25) is 0 Å². The third kappa shape index (κ3) is 85.4. The number of esters is 3. The molecule has 0 aliphatic rings. The second-order valence-electron chi connectivity index (χ2n) is 28.2. The predicted octanol–water partition coefficient (Wildman–Crippen LogP) is 26.1. The van der Waals surface area contributed by atoms with Crippen LogP contribution in [0.4, 0.5) is 0 Å². The highest BCUT2D eigenvalue weighted by Crippen LogP contribution is 2.45. The summed E-state index contributed by atoms with van der Waals surface area (Å²) in [5.41, 5.74) is 0. The number of aliphatic hydroxyl groups excluding tert-OH is 2. The Morgan fingerprint density at radius 3 is 0.793 bits per heavy atom. The van der Waals surface area contributed by atoms with Crippen molar-refractivity contribution >= 4 is 33.6 Å². The molecule has 0 rings (SSSR count). The van der Waals surface area contributed by atoms with Crippen molar-refractivity contribution in [3.05, 3.63) is 182 Å². The van der Waals surface area contributed by atoms with Gasteiger partial charge in [-0.1, -0.05) is 344 Å². The fourth-order valence-corrected chi connectivity index (χ4v) is 12.7. The van der Waals surface area contributed by atoms with Gasteiger partial charge >= 0.3 is 33.6 Å². The Bertz CT molecular complexity index is 2750. The minimum Gasteiger partial charge on any atom is -0.463 e. The van der Waals surface area contributed by atoms with Crippen LogP contribution < -0.4 is 0 Å². The van der Waals surface area contributed by atoms with Crippen LogP contribution in [0, 0.1) is 0 Å². The van der Waals surface area contributed by atoms with E-state index in [2.05, 4.69) is 185 Å². The van der Waals surface area contributed by atoms with E-state index in [4.69, 9.17) is 32.3 Å². The van der Waals surface area contributed by atoms with Crippen molar-refractivity contribution in [3.63, 3.8) is 0 Å². The van der Waals surface area contributed by atoms with Crippen molar-refractivity contribution in [2.75, 3.05) is 39.6 Å². The molecule has 111 heavy (non-hydrogen) atoms. The molecule has 5 unspecified atom stereocenters. The van der Waals surface area contributed by atoms with Gasteiger partial charge in [-0.3, -0.25) is 32.5 Å². The van der Waals surface area contributed by atoms with Crippen LogP contribution in [0.3, 0.4) is 0 Å². The molecule has 0 amide bonds. The number of phosphoric ester groups is 2. The molecular weight excluding hydrogens is 1430 g/mol. The van der Waals surface area contributed by atoms with Gasteiger partial charge in [0.15, 0.2) is 6.10 Å². The van der Waals surface area contributed by atoms with Gasteiger partial charge < -0.3 is 34.2 Å². The van der Waals surface area contributed by atoms with E-state index >= 15 is 0 Å². The molecule has 16 nitrogen and oxygen atoms in total. The summed E-state index contributed by atoms with van der Waals surface area (Å²) in [7, 11) is -9.84. The third-order valence-electron chi connectivity index (χ3n) is 17.6. The highest BCUT2D eigenvalue weighted by atomic mass is 31.2. The monoisotopic (exact) mass is 1590 g/mol. The van der Waals surface area contributed by atoms with Crippen molar-refractivity contribution in [3.8, 4) is 0 Å². The molecule has 0 fully saturated rings. The summed E-state index contributed by atoms with van der Waals surface area (Å²) in [6, 6.07) is 0. The van der Waals surface area contributed by atoms with E-state index in [1.54, 1.807) is 0 Å². The van der Waals surface area contributed by atoms with Gasteiger partial charge in [0.25, 0.3) is 0 Å². The lowest BCUT2D eigenvalue weighted by Crippen LogP contribution is -2.29. The topological polar surface area (TPSA) is 231 Å². The Morgan fingerprint density at radius 1 is 0.261 bits per heavy atom. The molecule has 0 heterocycles. The Labute approximate surface area is 675 Å². The summed E-state index contributed by atoms with van der Waals surface area (Å²) >= 11 is 0. The van der Waals surface area contributed by atoms with Gasteiger partial charge in [0, 0.05) is 19.3 Å². The molecule has 632 valence electrons. The van der Waals surface area contributed by atoms with Gasteiger partial charge in [0.2, 0.25) is 0 Å². The number of phosphoric acid groups is 2. The van der Waals surface area contributed by atoms with E-state index in [-0.39, 0.29) is 19.3 Å². The molecule has 0 saturated carbocycles. The van der Waals surface area contributed by atoms with E-state index in [0.29, 0.717) is 25.7 Å². The van der Waals surface area contributed by atoms with Crippen LogP contribution in [-0.4, -0.2) is 95.9 Å². The van der Waals surface area contributed by atoms with Gasteiger partial charge in [-0.25, -0.2) is 9.13 Å². The van der Waals surface area contributed by atoms with Crippen LogP contribution in [0.15, 0.2) is 182 Å². The van der Waals surface area contributed by atoms with Crippen LogP contribution in [0.25, 0.3) is 0 Å². The largest absolute Gasteiger partial charge is 0.472 e. The zero-order chi connectivity index (χ0) is 80.8. The highest BCUT2D eigenvalue weighted by Gasteiger charge is 2.29. The molecule has 18 heteroatoms. The number of unbranched alkanes of at least 4 members (excludes halogenated alkanes) is 27. The minimum absolute atomic E-state index is 0.0290. The number of carbonyl (C=O) groups excluding carboxylic acids is 3. The Hall–Kier alpha value is -5.35. The third-order valence-corrected chi connectivity index (χ3v) is 19.5. The maximum Gasteiger partial charge on any atom is 0.472 e. The first-order valence-electron chi connectivity index (χ1n) is 43.1. The molecule has 0 aromatic rings. The number of aliphatic hydroxyl groups is 2. The Kier molecular flexibility index (Phi) is 80.0. The van der Waals surface area contributed by atoms with Gasteiger partial charge in [-0.15, -0.1) is 0 Å². The fraction of sp³-hybridized carbons (Fsp3) is 0.645. The second-order valence-corrected chi connectivity index (χ2v) is 31.1. The van der Waals surface area contributed by atoms with Crippen LogP contribution in [-0.2, 0) is 55.8 Å². The first-order valence-corrected chi connectivity index (χ1v) is 46.1. The molecule has 0 bridgehead atoms. The first kappa shape index (κ1) is 106. The van der Waals surface area contributed by atoms with Gasteiger partial charge in [0.05, 0.1) is 26.4 Å². The van der Waals surface area contributed by atoms with Crippen LogP contribution >= 0.6 is 15.6 Å². The molecule has 0 aromatic heterocycles. The Balaban J connectivity index is 4.58. The van der Waals surface area contributed by atoms with Crippen molar-refractivity contribution in [1.82, 2.24) is 0 Å². The van der Waals surface area contributed by atoms with Crippen molar-refractivity contribution in [2.24, 2.45) is 0 Å². The summed E-state index contributed by atoms with van der Waals surface area (Å²) in [6.07, 6.45) is 110. The van der Waals surface area contributed by atoms with Crippen LogP contribution in [0.1, 0.15) is 329 Å². The van der Waals surface area contributed by atoms with Crippen molar-refractivity contribution < 1.29 is 75.8 Å². The molecule has 0 aliphatic heterocycles. The smallest absolute Gasteiger partial charge is 0.463 e. The summed E-state index contributed by atoms with van der Waals surface area (Å²) < 4.78 is 61.2. The highest BCUT2D eigenvalue weighted by molar-refractivity contribution is 7.47. The van der Waals surface area contributed by atoms with E-state index in [1.165, 1.54) is 116 Å². The van der Waals surface area contributed by atoms with E-state index in [9.17, 15) is 43.5 Å². The number of carbonyl (C=O) groups is 3. The lowest BCUT2D eigenvalue weighted by molar-refractivity contribution is -0.161. The SMILES string of the molecule is CC/C=C\C/C=C\C/C=C\C/C=C\C/C=C\C/C=C\CCC(=O)OC(COC(=O)CCCCCCCCC/C=C\C/C=C\C/C=C\C/C=C\CCCCC)COP(=O)(O)OCC(O)COP(=O)(O)OCC(O)COC(=O)CCCCCCCCCCCCCCCCCCC/C=C\C/C=C\C/C=C\C/C=C\C/C=C\CC. The number of hydrogen-bond acceptors (Lipinski definition) is 14. The van der Waals surface area contributed by atoms with Gasteiger partial charge in [-0.05, 0) is 148 Å². The predicted molar refractivity (Wildman–Crippen MR) is 463 cm³/mol. The normalized spacial score (nSPS) is 14.8. The standard InChI is InChI=1S/C93H154O16P2/c1-4-7-10-13-16-19-22-25-28-31-34-36-38-39-40-41-42-43-44-45-46-47-49-51-53-55-58-61-64-67-70-73-76-79-91(96)103-82-88(94)83-105-110(99,100)106-84-89(95)85-107-111(101,102)108-87-90(109-93(98)81-78-75-72-69-66-63-60-57-52-33-30-27-24-21-18-15-12-9-6-3)86-104-92(97)80-77-74-71-68-65-62-59-56-54-50-48-37-35-32-29-26-23-20-17-14-11-8-5-2/h7,9-10,12,16-21,25-30,34-37,39-40,50,52,54,57,63,66,72,75,88-90,94-95H,4-6,8,11,13-15,22-24,31-33,38,41-49,51,53,55-56,58-62,64-65,67-71,73-74,76-87H2,1-3H3,(H,99,100)(H,101,102)/b10-7-,12-9-,19-16-,20-17-,21-18-,28-25-,29-26-,30-27-,36-34-,37-35-,40-39-,54-50-,57-52-,66-63-,75-72-. The zero-order valence-electron chi connectivity index (χ0n) is 69.3. The zero-order valence-corrected chi connectivity index (χ0v) is 71.1. The van der Waals surface area contributed by atoms with Crippen molar-refractivity contribution in [2.45, 2.75) is 347 Å². The lowest BCUT2D eigenvalue weighted by atomic mass is 10.0. The summed E-state index contributed by atoms with van der Waals surface area (Å²) in [5.74, 6) is -1.69. The van der Waals surface area contributed by atoms with Crippen LogP contribution in [0.5, 0.6) is 0 Å². The average Bonchev–Trinajstić information content (AvgIpc) is 0.582. The average molecular weight is 1590 g/mol. The number of ether oxygens (including phenoxy) is 3. The number of allylic oxidation sites excluding steroid dienone is 30. The van der Waals surface area contributed by atoms with E-state index in [1.807, 2.05) is 18.2 Å². The number of hydrogen-bond donors (Lipinski definition) is 4. The maximum absolute atomic E-state index is 13.0. The molecule has 0 radical (unpaired) electrons. The lowest BCUT2D eigenvalue weighted by Gasteiger charge is -2.21. The molecule has 0 aromatic carbocycles. The first-order chi connectivity index (χ1) is 54.2. The molecule has 0 aliphatic carbocycles. The molecule has 5 atom stereocenters. The quantitative estimate of drug-likeness (QED) is 0.0146. The fourth-order valence-electron chi connectivity index (χ4n) is 11.1. The molecule has 0 spiro atoms.